The van der Waals surface area contributed by atoms with Crippen molar-refractivity contribution in [2.75, 3.05) is 32.2 Å². The van der Waals surface area contributed by atoms with Crippen LogP contribution in [0, 0.1) is 10.1 Å². The van der Waals surface area contributed by atoms with Crippen molar-refractivity contribution < 1.29 is 33.5 Å². The lowest BCUT2D eigenvalue weighted by Crippen LogP contribution is -2.37. The second kappa shape index (κ2) is 10.4. The van der Waals surface area contributed by atoms with E-state index in [4.69, 9.17) is 18.9 Å². The number of nitro groups is 1. The first kappa shape index (κ1) is 23.4. The standard InChI is InChI=1S/C24H21N3O8/c1-32-18-6-2-15(3-7-18)19-13-17(27(30)31)5-9-20(19)35-14-23(28)26-24(29)25-16-4-8-21-22(12-16)34-11-10-33-21/h2-9,12-13H,10-11,14H2,1H3,(H2,25,26,28,29). The molecule has 1 aliphatic heterocycles. The van der Waals surface area contributed by atoms with Crippen LogP contribution >= 0.6 is 0 Å². The molecule has 3 amide bonds. The van der Waals surface area contributed by atoms with Gasteiger partial charge in [-0.15, -0.1) is 0 Å². The van der Waals surface area contributed by atoms with E-state index in [0.717, 1.165) is 0 Å². The third kappa shape index (κ3) is 5.77. The van der Waals surface area contributed by atoms with E-state index in [1.807, 2.05) is 0 Å². The minimum absolute atomic E-state index is 0.133. The lowest BCUT2D eigenvalue weighted by Gasteiger charge is -2.19. The zero-order valence-corrected chi connectivity index (χ0v) is 18.6. The van der Waals surface area contributed by atoms with Crippen LogP contribution in [0.3, 0.4) is 0 Å². The normalized spacial score (nSPS) is 11.8. The molecule has 3 aromatic rings. The maximum atomic E-state index is 12.3. The molecule has 0 radical (unpaired) electrons. The molecule has 35 heavy (non-hydrogen) atoms. The van der Waals surface area contributed by atoms with Gasteiger partial charge in [0.15, 0.2) is 18.1 Å². The fourth-order valence-corrected chi connectivity index (χ4v) is 3.34. The summed E-state index contributed by atoms with van der Waals surface area (Å²) in [5.74, 6) is 1.21. The van der Waals surface area contributed by atoms with Crippen LogP contribution in [-0.2, 0) is 4.79 Å². The lowest BCUT2D eigenvalue weighted by atomic mass is 10.0. The Morgan fingerprint density at radius 1 is 1.00 bits per heavy atom. The number of nitrogens with one attached hydrogen (secondary N) is 2. The second-order valence-corrected chi connectivity index (χ2v) is 7.32. The summed E-state index contributed by atoms with van der Waals surface area (Å²) in [6.07, 6.45) is 0. The number of ether oxygens (including phenoxy) is 4. The molecule has 3 aromatic carbocycles. The fourth-order valence-electron chi connectivity index (χ4n) is 3.34. The number of carbonyl (C=O) groups excluding carboxylic acids is 2. The summed E-state index contributed by atoms with van der Waals surface area (Å²) in [5, 5.41) is 15.9. The molecule has 180 valence electrons. The van der Waals surface area contributed by atoms with Gasteiger partial charge in [-0.1, -0.05) is 12.1 Å². The summed E-state index contributed by atoms with van der Waals surface area (Å²) in [4.78, 5) is 35.2. The average molecular weight is 479 g/mol. The number of amides is 3. The Morgan fingerprint density at radius 3 is 2.46 bits per heavy atom. The molecule has 4 rings (SSSR count). The fraction of sp³-hybridized carbons (Fsp3) is 0.167. The number of non-ortho nitro benzene ring substituents is 1. The van der Waals surface area contributed by atoms with Crippen LogP contribution in [0.1, 0.15) is 0 Å². The monoisotopic (exact) mass is 479 g/mol. The Balaban J connectivity index is 1.40. The molecule has 1 aliphatic rings. The predicted octanol–water partition coefficient (Wildman–Crippen LogP) is 3.77. The molecule has 0 bridgehead atoms. The van der Waals surface area contributed by atoms with Crippen molar-refractivity contribution >= 4 is 23.3 Å². The smallest absolute Gasteiger partial charge is 0.325 e. The van der Waals surface area contributed by atoms with Crippen molar-refractivity contribution in [3.63, 3.8) is 0 Å². The van der Waals surface area contributed by atoms with Crippen LogP contribution in [-0.4, -0.2) is 43.8 Å². The first-order valence-corrected chi connectivity index (χ1v) is 10.5. The summed E-state index contributed by atoms with van der Waals surface area (Å²) < 4.78 is 21.6. The van der Waals surface area contributed by atoms with E-state index in [-0.39, 0.29) is 11.4 Å². The zero-order chi connectivity index (χ0) is 24.8. The Hall–Kier alpha value is -4.80. The minimum Gasteiger partial charge on any atom is -0.497 e. The molecule has 1 heterocycles. The van der Waals surface area contributed by atoms with E-state index in [9.17, 15) is 19.7 Å². The van der Waals surface area contributed by atoms with Gasteiger partial charge in [-0.05, 0) is 35.9 Å². The highest BCUT2D eigenvalue weighted by Gasteiger charge is 2.17. The average Bonchev–Trinajstić information content (AvgIpc) is 2.87. The van der Waals surface area contributed by atoms with Crippen molar-refractivity contribution in [1.29, 1.82) is 0 Å². The molecule has 0 atom stereocenters. The molecular weight excluding hydrogens is 458 g/mol. The van der Waals surface area contributed by atoms with Crippen LogP contribution in [0.15, 0.2) is 60.7 Å². The number of imide groups is 1. The van der Waals surface area contributed by atoms with Gasteiger partial charge in [0, 0.05) is 29.4 Å². The number of carbonyl (C=O) groups is 2. The van der Waals surface area contributed by atoms with Crippen molar-refractivity contribution in [3.05, 3.63) is 70.8 Å². The molecule has 0 unspecified atom stereocenters. The van der Waals surface area contributed by atoms with Gasteiger partial charge in [-0.3, -0.25) is 20.2 Å². The highest BCUT2D eigenvalue weighted by Crippen LogP contribution is 2.35. The van der Waals surface area contributed by atoms with Gasteiger partial charge in [0.05, 0.1) is 12.0 Å². The number of fused-ring (bicyclic) bond motifs is 1. The van der Waals surface area contributed by atoms with E-state index in [2.05, 4.69) is 10.6 Å². The first-order valence-electron chi connectivity index (χ1n) is 10.5. The molecule has 2 N–H and O–H groups in total. The topological polar surface area (TPSA) is 138 Å². The van der Waals surface area contributed by atoms with Gasteiger partial charge in [0.25, 0.3) is 11.6 Å². The third-order valence-electron chi connectivity index (χ3n) is 4.99. The number of hydrogen-bond donors (Lipinski definition) is 2. The SMILES string of the molecule is COc1ccc(-c2cc([N+](=O)[O-])ccc2OCC(=O)NC(=O)Nc2ccc3c(c2)OCCO3)cc1. The molecule has 0 aromatic heterocycles. The molecule has 0 aliphatic carbocycles. The van der Waals surface area contributed by atoms with Crippen molar-refractivity contribution in [2.45, 2.75) is 0 Å². The van der Waals surface area contributed by atoms with Crippen LogP contribution in [0.2, 0.25) is 0 Å². The molecule has 11 nitrogen and oxygen atoms in total. The number of rotatable bonds is 7. The molecule has 0 fully saturated rings. The Labute approximate surface area is 199 Å². The Kier molecular flexibility index (Phi) is 6.96. The number of methoxy groups -OCH3 is 1. The van der Waals surface area contributed by atoms with Crippen LogP contribution in [0.4, 0.5) is 16.2 Å². The van der Waals surface area contributed by atoms with Crippen molar-refractivity contribution in [2.24, 2.45) is 0 Å². The molecular formula is C24H21N3O8. The summed E-state index contributed by atoms with van der Waals surface area (Å²) in [6, 6.07) is 15.0. The van der Waals surface area contributed by atoms with Crippen molar-refractivity contribution in [1.82, 2.24) is 5.32 Å². The highest BCUT2D eigenvalue weighted by molar-refractivity contribution is 6.01. The predicted molar refractivity (Wildman–Crippen MR) is 125 cm³/mol. The number of nitro benzene ring substituents is 1. The summed E-state index contributed by atoms with van der Waals surface area (Å²) in [5.41, 5.74) is 1.32. The van der Waals surface area contributed by atoms with Gasteiger partial charge < -0.3 is 24.3 Å². The quantitative estimate of drug-likeness (QED) is 0.386. The third-order valence-corrected chi connectivity index (χ3v) is 4.99. The van der Waals surface area contributed by atoms with E-state index in [1.165, 1.54) is 25.3 Å². The number of urea groups is 1. The number of benzene rings is 3. The molecule has 0 saturated heterocycles. The summed E-state index contributed by atoms with van der Waals surface area (Å²) >= 11 is 0. The highest BCUT2D eigenvalue weighted by atomic mass is 16.6. The van der Waals surface area contributed by atoms with Crippen LogP contribution in [0.5, 0.6) is 23.0 Å². The molecule has 0 saturated carbocycles. The van der Waals surface area contributed by atoms with Crippen LogP contribution in [0.25, 0.3) is 11.1 Å². The zero-order valence-electron chi connectivity index (χ0n) is 18.6. The van der Waals surface area contributed by atoms with Gasteiger partial charge in [-0.25, -0.2) is 4.79 Å². The largest absolute Gasteiger partial charge is 0.497 e. The Morgan fingerprint density at radius 2 is 1.74 bits per heavy atom. The van der Waals surface area contributed by atoms with Gasteiger partial charge >= 0.3 is 6.03 Å². The van der Waals surface area contributed by atoms with E-state index in [0.29, 0.717) is 47.3 Å². The summed E-state index contributed by atoms with van der Waals surface area (Å²) in [7, 11) is 1.53. The maximum Gasteiger partial charge on any atom is 0.325 e. The first-order chi connectivity index (χ1) is 16.9. The van der Waals surface area contributed by atoms with E-state index in [1.54, 1.807) is 42.5 Å². The van der Waals surface area contributed by atoms with Gasteiger partial charge in [-0.2, -0.15) is 0 Å². The lowest BCUT2D eigenvalue weighted by molar-refractivity contribution is -0.384. The minimum atomic E-state index is -0.755. The molecule has 0 spiro atoms. The van der Waals surface area contributed by atoms with Crippen molar-refractivity contribution in [3.8, 4) is 34.1 Å². The van der Waals surface area contributed by atoms with Crippen LogP contribution < -0.4 is 29.6 Å². The second-order valence-electron chi connectivity index (χ2n) is 7.32. The molecule has 11 heteroatoms. The number of hydrogen-bond acceptors (Lipinski definition) is 8. The van der Waals surface area contributed by atoms with E-state index >= 15 is 0 Å². The van der Waals surface area contributed by atoms with E-state index < -0.39 is 23.5 Å². The maximum absolute atomic E-state index is 12.3. The van der Waals surface area contributed by atoms with Gasteiger partial charge in [0.2, 0.25) is 0 Å². The Bertz CT molecular complexity index is 1260. The number of anilines is 1. The summed E-state index contributed by atoms with van der Waals surface area (Å²) in [6.45, 7) is 0.360. The number of nitrogens with zero attached hydrogens (tertiary/aromatic N) is 1. The van der Waals surface area contributed by atoms with Gasteiger partial charge in [0.1, 0.15) is 24.7 Å².